The zero-order chi connectivity index (χ0) is 18.2. The largest absolute Gasteiger partial charge is 0.465 e. The average Bonchev–Trinajstić information content (AvgIpc) is 2.74. The zero-order valence-electron chi connectivity index (χ0n) is 15.3. The maximum atomic E-state index is 12.2. The molecule has 0 aromatic carbocycles. The van der Waals surface area contributed by atoms with Gasteiger partial charge in [-0.25, -0.2) is 0 Å². The Hall–Kier alpha value is -1.59. The molecule has 2 aliphatic carbocycles. The van der Waals surface area contributed by atoms with Crippen molar-refractivity contribution in [1.29, 1.82) is 0 Å². The molecule has 6 nitrogen and oxygen atoms in total. The van der Waals surface area contributed by atoms with Crippen molar-refractivity contribution in [3.63, 3.8) is 0 Å². The molecule has 4 fully saturated rings. The maximum absolute atomic E-state index is 12.2. The molecular weight excluding hydrogens is 324 g/mol. The summed E-state index contributed by atoms with van der Waals surface area (Å²) in [6.45, 7) is 5.64. The fourth-order valence-electron chi connectivity index (χ4n) is 4.23. The number of fused-ring (bicyclic) bond motifs is 1. The highest BCUT2D eigenvalue weighted by Crippen LogP contribution is 2.48. The van der Waals surface area contributed by atoms with Gasteiger partial charge in [-0.2, -0.15) is 0 Å². The van der Waals surface area contributed by atoms with E-state index >= 15 is 0 Å². The number of hydrogen-bond acceptors (Lipinski definition) is 6. The molecule has 4 rings (SSSR count). The van der Waals surface area contributed by atoms with Crippen LogP contribution in [0.4, 0.5) is 0 Å². The van der Waals surface area contributed by atoms with Crippen molar-refractivity contribution in [2.75, 3.05) is 6.61 Å². The molecule has 2 heterocycles. The third-order valence-electron chi connectivity index (χ3n) is 6.09. The van der Waals surface area contributed by atoms with Crippen LogP contribution in [0.2, 0.25) is 0 Å². The Morgan fingerprint density at radius 1 is 1.16 bits per heavy atom. The van der Waals surface area contributed by atoms with E-state index in [1.165, 1.54) is 0 Å². The van der Waals surface area contributed by atoms with Gasteiger partial charge >= 0.3 is 17.9 Å². The summed E-state index contributed by atoms with van der Waals surface area (Å²) in [5.41, 5.74) is -0.532. The van der Waals surface area contributed by atoms with E-state index in [-0.39, 0.29) is 60.9 Å². The summed E-state index contributed by atoms with van der Waals surface area (Å²) < 4.78 is 16.4. The van der Waals surface area contributed by atoms with E-state index < -0.39 is 5.41 Å². The van der Waals surface area contributed by atoms with E-state index in [0.717, 1.165) is 25.7 Å². The number of hydrogen-bond donors (Lipinski definition) is 0. The summed E-state index contributed by atoms with van der Waals surface area (Å²) in [4.78, 5) is 36.0. The summed E-state index contributed by atoms with van der Waals surface area (Å²) in [5, 5.41) is 0. The third kappa shape index (κ3) is 3.82. The molecule has 2 unspecified atom stereocenters. The lowest BCUT2D eigenvalue weighted by Crippen LogP contribution is -2.45. The molecule has 0 radical (unpaired) electrons. The predicted molar refractivity (Wildman–Crippen MR) is 88.3 cm³/mol. The molecule has 2 saturated carbocycles. The van der Waals surface area contributed by atoms with Crippen molar-refractivity contribution in [3.8, 4) is 0 Å². The van der Waals surface area contributed by atoms with Crippen LogP contribution in [0.25, 0.3) is 0 Å². The average molecular weight is 352 g/mol. The van der Waals surface area contributed by atoms with Crippen LogP contribution in [0, 0.1) is 23.2 Å². The molecule has 140 valence electrons. The Morgan fingerprint density at radius 3 is 2.40 bits per heavy atom. The Bertz CT molecular complexity index is 538. The van der Waals surface area contributed by atoms with E-state index in [2.05, 4.69) is 0 Å². The summed E-state index contributed by atoms with van der Waals surface area (Å²) >= 11 is 0. The number of esters is 3. The highest BCUT2D eigenvalue weighted by molar-refractivity contribution is 5.76. The van der Waals surface area contributed by atoms with Gasteiger partial charge in [-0.15, -0.1) is 0 Å². The highest BCUT2D eigenvalue weighted by atomic mass is 16.6. The summed E-state index contributed by atoms with van der Waals surface area (Å²) in [6, 6.07) is 0. The van der Waals surface area contributed by atoms with Crippen molar-refractivity contribution in [1.82, 2.24) is 0 Å². The van der Waals surface area contributed by atoms with E-state index in [4.69, 9.17) is 14.2 Å². The fraction of sp³-hybridized carbons (Fsp3) is 0.842. The van der Waals surface area contributed by atoms with Crippen LogP contribution < -0.4 is 0 Å². The van der Waals surface area contributed by atoms with Crippen LogP contribution in [0.3, 0.4) is 0 Å². The maximum Gasteiger partial charge on any atom is 0.311 e. The van der Waals surface area contributed by atoms with Crippen LogP contribution in [-0.2, 0) is 28.6 Å². The smallest absolute Gasteiger partial charge is 0.311 e. The Kier molecular flexibility index (Phi) is 5.07. The first kappa shape index (κ1) is 18.2. The number of carbonyl (C=O) groups excluding carboxylic acids is 3. The van der Waals surface area contributed by atoms with Crippen LogP contribution in [0.15, 0.2) is 0 Å². The Morgan fingerprint density at radius 2 is 1.80 bits per heavy atom. The molecule has 0 aromatic rings. The van der Waals surface area contributed by atoms with Gasteiger partial charge in [0.05, 0.1) is 17.8 Å². The van der Waals surface area contributed by atoms with Gasteiger partial charge in [-0.05, 0) is 46.0 Å². The first-order valence-corrected chi connectivity index (χ1v) is 9.37. The van der Waals surface area contributed by atoms with Crippen molar-refractivity contribution < 1.29 is 28.6 Å². The molecule has 2 atom stereocenters. The minimum atomic E-state index is -0.532. The van der Waals surface area contributed by atoms with E-state index in [1.807, 2.05) is 20.8 Å². The summed E-state index contributed by atoms with van der Waals surface area (Å²) in [6.07, 6.45) is 3.70. The first-order valence-electron chi connectivity index (χ1n) is 9.37. The molecule has 0 aromatic heterocycles. The van der Waals surface area contributed by atoms with Crippen molar-refractivity contribution >= 4 is 17.9 Å². The Balaban J connectivity index is 1.48. The van der Waals surface area contributed by atoms with Crippen LogP contribution >= 0.6 is 0 Å². The molecule has 4 bridgehead atoms. The molecule has 25 heavy (non-hydrogen) atoms. The van der Waals surface area contributed by atoms with Crippen LogP contribution in [-0.4, -0.2) is 36.7 Å². The third-order valence-corrected chi connectivity index (χ3v) is 6.09. The van der Waals surface area contributed by atoms with Crippen LogP contribution in [0.5, 0.6) is 0 Å². The van der Waals surface area contributed by atoms with Gasteiger partial charge in [0.25, 0.3) is 0 Å². The first-order chi connectivity index (χ1) is 11.8. The minimum absolute atomic E-state index is 0.0119. The van der Waals surface area contributed by atoms with Gasteiger partial charge in [0, 0.05) is 11.8 Å². The molecule has 0 N–H and O–H groups in total. The second kappa shape index (κ2) is 6.96. The lowest BCUT2D eigenvalue weighted by atomic mass is 9.66. The second-order valence-corrected chi connectivity index (χ2v) is 8.30. The second-order valence-electron chi connectivity index (χ2n) is 8.30. The molecule has 0 amide bonds. The molecule has 0 spiro atoms. The van der Waals surface area contributed by atoms with E-state index in [1.54, 1.807) is 0 Å². The van der Waals surface area contributed by atoms with Gasteiger partial charge < -0.3 is 14.2 Å². The lowest BCUT2D eigenvalue weighted by molar-refractivity contribution is -0.166. The highest BCUT2D eigenvalue weighted by Gasteiger charge is 2.51. The van der Waals surface area contributed by atoms with E-state index in [0.29, 0.717) is 6.42 Å². The van der Waals surface area contributed by atoms with Gasteiger partial charge in [0.1, 0.15) is 18.8 Å². The molecule has 4 aliphatic rings. The van der Waals surface area contributed by atoms with Crippen molar-refractivity contribution in [3.05, 3.63) is 0 Å². The SMILES string of the molecule is CCC(C)(C)C(=O)OCCC(=O)OC1C2CC3CC1CC(C2)C(=O)O3. The van der Waals surface area contributed by atoms with Crippen molar-refractivity contribution in [2.45, 2.75) is 71.5 Å². The lowest BCUT2D eigenvalue weighted by Gasteiger charge is -2.42. The Labute approximate surface area is 148 Å². The van der Waals surface area contributed by atoms with Gasteiger partial charge in [0.2, 0.25) is 0 Å². The van der Waals surface area contributed by atoms with E-state index in [9.17, 15) is 14.4 Å². The molecule has 2 saturated heterocycles. The monoisotopic (exact) mass is 352 g/mol. The quantitative estimate of drug-likeness (QED) is 0.540. The normalized spacial score (nSPS) is 33.6. The zero-order valence-corrected chi connectivity index (χ0v) is 15.3. The van der Waals surface area contributed by atoms with Gasteiger partial charge in [0.15, 0.2) is 0 Å². The minimum Gasteiger partial charge on any atom is -0.465 e. The fourth-order valence-corrected chi connectivity index (χ4v) is 4.23. The standard InChI is InChI=1S/C19H28O6/c1-4-19(2,3)18(22)23-6-5-15(20)25-16-11-7-13-8-12(16)10-14(9-11)24-17(13)21/h11-14,16H,4-10H2,1-3H3. The molecule has 6 heteroatoms. The number of rotatable bonds is 6. The summed E-state index contributed by atoms with van der Waals surface area (Å²) in [5.74, 6) is -0.311. The predicted octanol–water partition coefficient (Wildman–Crippen LogP) is 2.63. The summed E-state index contributed by atoms with van der Waals surface area (Å²) in [7, 11) is 0. The van der Waals surface area contributed by atoms with Gasteiger partial charge in [-0.1, -0.05) is 6.92 Å². The van der Waals surface area contributed by atoms with Gasteiger partial charge in [-0.3, -0.25) is 14.4 Å². The number of carbonyl (C=O) groups is 3. The molecular formula is C19H28O6. The van der Waals surface area contributed by atoms with Crippen molar-refractivity contribution in [2.24, 2.45) is 23.2 Å². The molecule has 2 aliphatic heterocycles. The van der Waals surface area contributed by atoms with Crippen LogP contribution in [0.1, 0.15) is 59.3 Å². The topological polar surface area (TPSA) is 78.9 Å². The number of ether oxygens (including phenoxy) is 3.